The van der Waals surface area contributed by atoms with Crippen LogP contribution in [0, 0.1) is 0 Å². The topological polar surface area (TPSA) is 58.6 Å². The van der Waals surface area contributed by atoms with Gasteiger partial charge in [-0.2, -0.15) is 13.2 Å². The average molecular weight is 282 g/mol. The Morgan fingerprint density at radius 2 is 2.11 bits per heavy atom. The van der Waals surface area contributed by atoms with Gasteiger partial charge in [0.25, 0.3) is 0 Å². The third-order valence-corrected chi connectivity index (χ3v) is 2.63. The van der Waals surface area contributed by atoms with Gasteiger partial charge in [0.05, 0.1) is 13.2 Å². The van der Waals surface area contributed by atoms with E-state index in [4.69, 9.17) is 0 Å². The van der Waals surface area contributed by atoms with Crippen molar-refractivity contribution in [3.05, 3.63) is 0 Å². The van der Waals surface area contributed by atoms with Crippen LogP contribution in [0.5, 0.6) is 0 Å². The molecule has 1 saturated heterocycles. The molecule has 1 aliphatic rings. The highest BCUT2D eigenvalue weighted by molar-refractivity contribution is 5.94. The van der Waals surface area contributed by atoms with Crippen LogP contribution < -0.4 is 5.32 Å². The minimum Gasteiger partial charge on any atom is -0.370 e. The van der Waals surface area contributed by atoms with E-state index in [1.54, 1.807) is 0 Å². The first-order valence-electron chi connectivity index (χ1n) is 6.06. The molecule has 1 N–H and O–H groups in total. The van der Waals surface area contributed by atoms with Crippen LogP contribution >= 0.6 is 0 Å². The van der Waals surface area contributed by atoms with Crippen LogP contribution in [0.2, 0.25) is 0 Å². The van der Waals surface area contributed by atoms with Gasteiger partial charge in [0.15, 0.2) is 0 Å². The Kier molecular flexibility index (Phi) is 5.59. The molecule has 2 amide bonds. The predicted octanol–water partition coefficient (Wildman–Crippen LogP) is 0.692. The summed E-state index contributed by atoms with van der Waals surface area (Å²) in [4.78, 5) is 24.5. The molecule has 0 aromatic carbocycles. The zero-order valence-corrected chi connectivity index (χ0v) is 10.6. The van der Waals surface area contributed by atoms with Crippen molar-refractivity contribution in [1.82, 2.24) is 10.2 Å². The molecule has 0 aliphatic carbocycles. The van der Waals surface area contributed by atoms with Crippen LogP contribution in [0.3, 0.4) is 0 Å². The predicted molar refractivity (Wildman–Crippen MR) is 60.3 cm³/mol. The number of rotatable bonds is 6. The number of hydrogen-bond donors (Lipinski definition) is 1. The summed E-state index contributed by atoms with van der Waals surface area (Å²) < 4.78 is 40.0. The van der Waals surface area contributed by atoms with E-state index in [0.717, 1.165) is 6.42 Å². The summed E-state index contributed by atoms with van der Waals surface area (Å²) in [6.07, 6.45) is -3.13. The number of carbonyl (C=O) groups excluding carboxylic acids is 2. The highest BCUT2D eigenvalue weighted by Crippen LogP contribution is 2.14. The molecule has 1 rings (SSSR count). The van der Waals surface area contributed by atoms with Crippen LogP contribution in [-0.4, -0.2) is 55.2 Å². The zero-order chi connectivity index (χ0) is 14.5. The molecule has 8 heteroatoms. The highest BCUT2D eigenvalue weighted by Gasteiger charge is 2.32. The minimum absolute atomic E-state index is 0.0114. The van der Waals surface area contributed by atoms with Crippen LogP contribution in [-0.2, 0) is 14.3 Å². The number of nitrogens with zero attached hydrogens (tertiary/aromatic N) is 1. The largest absolute Gasteiger partial charge is 0.411 e. The molecule has 1 aliphatic heterocycles. The van der Waals surface area contributed by atoms with Gasteiger partial charge in [-0.05, 0) is 6.42 Å². The van der Waals surface area contributed by atoms with Crippen molar-refractivity contribution in [2.45, 2.75) is 32.0 Å². The number of nitrogens with one attached hydrogen (secondary N) is 1. The van der Waals surface area contributed by atoms with Crippen LogP contribution in [0.1, 0.15) is 19.8 Å². The fourth-order valence-corrected chi connectivity index (χ4v) is 1.81. The molecule has 110 valence electrons. The van der Waals surface area contributed by atoms with Crippen molar-refractivity contribution in [3.8, 4) is 0 Å². The van der Waals surface area contributed by atoms with Crippen LogP contribution in [0.15, 0.2) is 0 Å². The average Bonchev–Trinajstić information content (AvgIpc) is 2.29. The number of amides is 2. The second-order valence-electron chi connectivity index (χ2n) is 4.34. The summed E-state index contributed by atoms with van der Waals surface area (Å²) in [6, 6.07) is -0.575. The fraction of sp³-hybridized carbons (Fsp3) is 0.818. The Hall–Kier alpha value is -1.31. The summed E-state index contributed by atoms with van der Waals surface area (Å²) in [5.74, 6) is -0.564. The van der Waals surface area contributed by atoms with Crippen molar-refractivity contribution in [1.29, 1.82) is 0 Å². The number of ether oxygens (including phenoxy) is 1. The van der Waals surface area contributed by atoms with E-state index in [2.05, 4.69) is 10.1 Å². The Morgan fingerprint density at radius 1 is 1.42 bits per heavy atom. The molecule has 1 heterocycles. The molecule has 1 unspecified atom stereocenters. The number of piperazine rings is 1. The first-order valence-corrected chi connectivity index (χ1v) is 6.06. The lowest BCUT2D eigenvalue weighted by Gasteiger charge is -2.32. The second-order valence-corrected chi connectivity index (χ2v) is 4.34. The Bertz CT molecular complexity index is 334. The number of hydrogen-bond acceptors (Lipinski definition) is 3. The van der Waals surface area contributed by atoms with Gasteiger partial charge in [0, 0.05) is 6.54 Å². The summed E-state index contributed by atoms with van der Waals surface area (Å²) in [5.41, 5.74) is 0. The normalized spacial score (nSPS) is 20.6. The summed E-state index contributed by atoms with van der Waals surface area (Å²) in [5, 5.41) is 2.56. The quantitative estimate of drug-likeness (QED) is 0.729. The Balaban J connectivity index is 2.39. The van der Waals surface area contributed by atoms with E-state index < -0.39 is 18.8 Å². The van der Waals surface area contributed by atoms with Gasteiger partial charge < -0.3 is 15.0 Å². The number of carbonyl (C=O) groups is 2. The van der Waals surface area contributed by atoms with Gasteiger partial charge in [-0.25, -0.2) is 0 Å². The molecule has 5 nitrogen and oxygen atoms in total. The van der Waals surface area contributed by atoms with E-state index in [9.17, 15) is 22.8 Å². The first-order chi connectivity index (χ1) is 8.83. The maximum atomic E-state index is 11.9. The van der Waals surface area contributed by atoms with Gasteiger partial charge in [0.2, 0.25) is 11.8 Å². The standard InChI is InChI=1S/C11H17F3N2O3/c1-2-3-8-10(18)16(6-9(17)15-8)4-5-19-7-11(12,13)14/h8H,2-7H2,1H3,(H,15,17). The third-order valence-electron chi connectivity index (χ3n) is 2.63. The molecule has 0 aromatic rings. The smallest absolute Gasteiger partial charge is 0.370 e. The Morgan fingerprint density at radius 3 is 2.68 bits per heavy atom. The second kappa shape index (κ2) is 6.74. The fourth-order valence-electron chi connectivity index (χ4n) is 1.81. The van der Waals surface area contributed by atoms with Crippen LogP contribution in [0.25, 0.3) is 0 Å². The highest BCUT2D eigenvalue weighted by atomic mass is 19.4. The number of alkyl halides is 3. The van der Waals surface area contributed by atoms with Crippen molar-refractivity contribution in [3.63, 3.8) is 0 Å². The van der Waals surface area contributed by atoms with Crippen molar-refractivity contribution in [2.24, 2.45) is 0 Å². The van der Waals surface area contributed by atoms with E-state index in [1.165, 1.54) is 4.90 Å². The molecular weight excluding hydrogens is 265 g/mol. The van der Waals surface area contributed by atoms with Gasteiger partial charge in [-0.15, -0.1) is 0 Å². The van der Waals surface area contributed by atoms with Crippen molar-refractivity contribution >= 4 is 11.8 Å². The maximum Gasteiger partial charge on any atom is 0.411 e. The van der Waals surface area contributed by atoms with Gasteiger partial charge in [-0.3, -0.25) is 9.59 Å². The molecule has 1 fully saturated rings. The Labute approximate surface area is 109 Å². The molecule has 19 heavy (non-hydrogen) atoms. The monoisotopic (exact) mass is 282 g/mol. The lowest BCUT2D eigenvalue weighted by Crippen LogP contribution is -2.58. The van der Waals surface area contributed by atoms with Crippen molar-refractivity contribution < 1.29 is 27.5 Å². The van der Waals surface area contributed by atoms with E-state index in [1.807, 2.05) is 6.92 Å². The van der Waals surface area contributed by atoms with E-state index in [-0.39, 0.29) is 31.5 Å². The number of halogens is 3. The van der Waals surface area contributed by atoms with E-state index in [0.29, 0.717) is 6.42 Å². The molecule has 0 bridgehead atoms. The van der Waals surface area contributed by atoms with Gasteiger partial charge >= 0.3 is 6.18 Å². The minimum atomic E-state index is -4.38. The van der Waals surface area contributed by atoms with Crippen molar-refractivity contribution in [2.75, 3.05) is 26.3 Å². The van der Waals surface area contributed by atoms with Gasteiger partial charge in [-0.1, -0.05) is 13.3 Å². The lowest BCUT2D eigenvalue weighted by molar-refractivity contribution is -0.175. The third kappa shape index (κ3) is 5.46. The summed E-state index contributed by atoms with van der Waals surface area (Å²) >= 11 is 0. The molecule has 1 atom stereocenters. The van der Waals surface area contributed by atoms with Gasteiger partial charge in [0.1, 0.15) is 12.6 Å². The van der Waals surface area contributed by atoms with Crippen LogP contribution in [0.4, 0.5) is 13.2 Å². The molecule has 0 saturated carbocycles. The molecule has 0 spiro atoms. The SMILES string of the molecule is CCCC1NC(=O)CN(CCOCC(F)(F)F)C1=O. The lowest BCUT2D eigenvalue weighted by atomic mass is 10.1. The molecule has 0 radical (unpaired) electrons. The first kappa shape index (κ1) is 15.7. The molecular formula is C11H17F3N2O3. The molecule has 0 aromatic heterocycles. The maximum absolute atomic E-state index is 11.9. The summed E-state index contributed by atoms with van der Waals surface area (Å²) in [6.45, 7) is 0.152. The zero-order valence-electron chi connectivity index (χ0n) is 10.6. The summed E-state index contributed by atoms with van der Waals surface area (Å²) in [7, 11) is 0. The van der Waals surface area contributed by atoms with E-state index >= 15 is 0 Å².